The number of sulfone groups is 1. The molecule has 0 aliphatic carbocycles. The lowest BCUT2D eigenvalue weighted by Gasteiger charge is -2.12. The van der Waals surface area contributed by atoms with Crippen molar-refractivity contribution in [2.24, 2.45) is 5.92 Å². The second-order valence-electron chi connectivity index (χ2n) is 3.93. The van der Waals surface area contributed by atoms with Crippen LogP contribution in [-0.2, 0) is 21.1 Å². The van der Waals surface area contributed by atoms with Gasteiger partial charge >= 0.3 is 5.97 Å². The van der Waals surface area contributed by atoms with Crippen molar-refractivity contribution in [3.05, 3.63) is 28.2 Å². The van der Waals surface area contributed by atoms with E-state index in [-0.39, 0.29) is 11.3 Å². The first kappa shape index (κ1) is 14.2. The number of halogens is 1. The summed E-state index contributed by atoms with van der Waals surface area (Å²) in [5, 5.41) is 8.86. The Hall–Kier alpha value is -0.880. The van der Waals surface area contributed by atoms with Gasteiger partial charge in [-0.15, -0.1) is 0 Å². The molecule has 6 heteroatoms. The average molecular weight is 321 g/mol. The molecule has 0 aromatic heterocycles. The molecular formula is C11H13BrO4S. The van der Waals surface area contributed by atoms with Crippen LogP contribution in [0.1, 0.15) is 12.5 Å². The Morgan fingerprint density at radius 2 is 2.06 bits per heavy atom. The summed E-state index contributed by atoms with van der Waals surface area (Å²) in [7, 11) is -3.35. The van der Waals surface area contributed by atoms with Crippen molar-refractivity contribution in [3.8, 4) is 0 Å². The number of carboxylic acid groups (broad SMARTS) is 1. The minimum atomic E-state index is -3.35. The van der Waals surface area contributed by atoms with E-state index >= 15 is 0 Å². The lowest BCUT2D eigenvalue weighted by molar-refractivity contribution is -0.141. The van der Waals surface area contributed by atoms with Crippen LogP contribution in [0.4, 0.5) is 0 Å². The largest absolute Gasteiger partial charge is 0.481 e. The van der Waals surface area contributed by atoms with Gasteiger partial charge in [-0.25, -0.2) is 8.42 Å². The van der Waals surface area contributed by atoms with Crippen molar-refractivity contribution in [1.82, 2.24) is 0 Å². The molecule has 0 saturated carbocycles. The predicted octanol–water partition coefficient (Wildman–Crippen LogP) is 2.12. The first-order valence-corrected chi connectivity index (χ1v) is 7.62. The van der Waals surface area contributed by atoms with Crippen molar-refractivity contribution in [2.45, 2.75) is 18.2 Å². The third-order valence-electron chi connectivity index (χ3n) is 2.41. The number of benzene rings is 1. The molecule has 0 spiro atoms. The third-order valence-corrected chi connectivity index (χ3v) is 4.33. The summed E-state index contributed by atoms with van der Waals surface area (Å²) >= 11 is 3.26. The fraction of sp³-hybridized carbons (Fsp3) is 0.364. The Bertz CT molecular complexity index is 536. The highest BCUT2D eigenvalue weighted by Gasteiger charge is 2.20. The quantitative estimate of drug-likeness (QED) is 0.922. The van der Waals surface area contributed by atoms with Crippen LogP contribution in [0.15, 0.2) is 27.6 Å². The van der Waals surface area contributed by atoms with Gasteiger partial charge in [0, 0.05) is 10.7 Å². The lowest BCUT2D eigenvalue weighted by atomic mass is 10.0. The van der Waals surface area contributed by atoms with Crippen molar-refractivity contribution >= 4 is 31.7 Å². The summed E-state index contributed by atoms with van der Waals surface area (Å²) in [6.07, 6.45) is 1.29. The molecule has 1 N–H and O–H groups in total. The van der Waals surface area contributed by atoms with Gasteiger partial charge in [-0.05, 0) is 24.1 Å². The van der Waals surface area contributed by atoms with Gasteiger partial charge in [-0.2, -0.15) is 0 Å². The van der Waals surface area contributed by atoms with E-state index in [0.717, 1.165) is 6.26 Å². The van der Waals surface area contributed by atoms with Crippen LogP contribution in [0.3, 0.4) is 0 Å². The van der Waals surface area contributed by atoms with Gasteiger partial charge in [0.15, 0.2) is 9.84 Å². The van der Waals surface area contributed by atoms with Crippen LogP contribution >= 0.6 is 15.9 Å². The number of rotatable bonds is 4. The number of hydrogen-bond donors (Lipinski definition) is 1. The van der Waals surface area contributed by atoms with E-state index in [0.29, 0.717) is 10.0 Å². The van der Waals surface area contributed by atoms with Gasteiger partial charge in [0.05, 0.1) is 10.8 Å². The fourth-order valence-electron chi connectivity index (χ4n) is 1.48. The van der Waals surface area contributed by atoms with Gasteiger partial charge in [0.25, 0.3) is 0 Å². The molecule has 0 radical (unpaired) electrons. The molecule has 1 atom stereocenters. The number of hydrogen-bond acceptors (Lipinski definition) is 3. The van der Waals surface area contributed by atoms with Crippen LogP contribution in [0, 0.1) is 5.92 Å². The Labute approximate surface area is 109 Å². The fourth-order valence-corrected chi connectivity index (χ4v) is 3.10. The maximum atomic E-state index is 11.6. The van der Waals surface area contributed by atoms with Crippen molar-refractivity contribution in [1.29, 1.82) is 0 Å². The van der Waals surface area contributed by atoms with Crippen LogP contribution in [0.5, 0.6) is 0 Å². The zero-order valence-corrected chi connectivity index (χ0v) is 11.9. The maximum absolute atomic E-state index is 11.6. The molecule has 1 unspecified atom stereocenters. The summed E-state index contributed by atoms with van der Waals surface area (Å²) in [5.41, 5.74) is 0.518. The molecule has 0 bridgehead atoms. The molecule has 1 rings (SSSR count). The molecule has 0 aliphatic heterocycles. The molecule has 1 aromatic rings. The molecule has 0 heterocycles. The second-order valence-corrected chi connectivity index (χ2v) is 6.77. The molecule has 4 nitrogen and oxygen atoms in total. The molecule has 0 aliphatic rings. The molecular weight excluding hydrogens is 308 g/mol. The highest BCUT2D eigenvalue weighted by molar-refractivity contribution is 9.10. The Morgan fingerprint density at radius 1 is 1.47 bits per heavy atom. The second kappa shape index (κ2) is 5.18. The average Bonchev–Trinajstić information content (AvgIpc) is 2.18. The van der Waals surface area contributed by atoms with Crippen molar-refractivity contribution < 1.29 is 18.3 Å². The standard InChI is InChI=1S/C11H13BrO4S/c1-7(11(13)14)6-8-9(12)4-3-5-10(8)17(2,15)16/h3-5,7H,6H2,1-2H3,(H,13,14). The Morgan fingerprint density at radius 3 is 2.53 bits per heavy atom. The number of carboxylic acids is 1. The highest BCUT2D eigenvalue weighted by Crippen LogP contribution is 2.27. The van der Waals surface area contributed by atoms with E-state index in [1.54, 1.807) is 19.1 Å². The SMILES string of the molecule is CC(Cc1c(Br)cccc1S(C)(=O)=O)C(=O)O. The molecule has 0 fully saturated rings. The van der Waals surface area contributed by atoms with E-state index in [1.165, 1.54) is 6.07 Å². The number of carbonyl (C=O) groups is 1. The molecule has 1 aromatic carbocycles. The summed E-state index contributed by atoms with van der Waals surface area (Å²) in [6, 6.07) is 4.82. The van der Waals surface area contributed by atoms with Gasteiger partial charge in [0.1, 0.15) is 0 Å². The highest BCUT2D eigenvalue weighted by atomic mass is 79.9. The van der Waals surface area contributed by atoms with Crippen molar-refractivity contribution in [3.63, 3.8) is 0 Å². The van der Waals surface area contributed by atoms with E-state index in [4.69, 9.17) is 5.11 Å². The topological polar surface area (TPSA) is 71.4 Å². The van der Waals surface area contributed by atoms with Crippen LogP contribution in [0.2, 0.25) is 0 Å². The smallest absolute Gasteiger partial charge is 0.306 e. The minimum absolute atomic E-state index is 0.180. The van der Waals surface area contributed by atoms with E-state index in [2.05, 4.69) is 15.9 Å². The maximum Gasteiger partial charge on any atom is 0.306 e. The van der Waals surface area contributed by atoms with Crippen LogP contribution in [0.25, 0.3) is 0 Å². The lowest BCUT2D eigenvalue weighted by Crippen LogP contribution is -2.15. The molecule has 0 amide bonds. The van der Waals surface area contributed by atoms with Crippen LogP contribution < -0.4 is 0 Å². The molecule has 17 heavy (non-hydrogen) atoms. The summed E-state index contributed by atoms with van der Waals surface area (Å²) in [6.45, 7) is 1.55. The van der Waals surface area contributed by atoms with Gasteiger partial charge in [-0.3, -0.25) is 4.79 Å². The monoisotopic (exact) mass is 320 g/mol. The first-order valence-electron chi connectivity index (χ1n) is 4.93. The van der Waals surface area contributed by atoms with Crippen molar-refractivity contribution in [2.75, 3.05) is 6.26 Å². The predicted molar refractivity (Wildman–Crippen MR) is 67.8 cm³/mol. The first-order chi connectivity index (χ1) is 7.73. The normalized spacial score (nSPS) is 13.4. The minimum Gasteiger partial charge on any atom is -0.481 e. The molecule has 0 saturated heterocycles. The van der Waals surface area contributed by atoms with E-state index in [1.807, 2.05) is 0 Å². The van der Waals surface area contributed by atoms with E-state index < -0.39 is 21.7 Å². The van der Waals surface area contributed by atoms with Gasteiger partial charge in [-0.1, -0.05) is 28.9 Å². The Balaban J connectivity index is 3.27. The summed E-state index contributed by atoms with van der Waals surface area (Å²) in [5.74, 6) is -1.57. The molecule has 94 valence electrons. The van der Waals surface area contributed by atoms with Crippen LogP contribution in [-0.4, -0.2) is 25.7 Å². The summed E-state index contributed by atoms with van der Waals surface area (Å²) < 4.78 is 23.8. The van der Waals surface area contributed by atoms with Gasteiger partial charge in [0.2, 0.25) is 0 Å². The third kappa shape index (κ3) is 3.54. The zero-order chi connectivity index (χ0) is 13.2. The Kier molecular flexibility index (Phi) is 4.32. The zero-order valence-electron chi connectivity index (χ0n) is 9.47. The van der Waals surface area contributed by atoms with Gasteiger partial charge < -0.3 is 5.11 Å². The summed E-state index contributed by atoms with van der Waals surface area (Å²) in [4.78, 5) is 11.0. The number of aliphatic carboxylic acids is 1. The van der Waals surface area contributed by atoms with E-state index in [9.17, 15) is 13.2 Å².